The van der Waals surface area contributed by atoms with Gasteiger partial charge in [-0.05, 0) is 56.5 Å². The Labute approximate surface area is 176 Å². The van der Waals surface area contributed by atoms with Crippen molar-refractivity contribution in [3.05, 3.63) is 54.1 Å². The van der Waals surface area contributed by atoms with Gasteiger partial charge >= 0.3 is 0 Å². The highest BCUT2D eigenvalue weighted by Gasteiger charge is 2.39. The fourth-order valence-electron chi connectivity index (χ4n) is 4.03. The van der Waals surface area contributed by atoms with E-state index in [-0.39, 0.29) is 16.7 Å². The predicted octanol–water partition coefficient (Wildman–Crippen LogP) is 2.91. The van der Waals surface area contributed by atoms with Gasteiger partial charge in [0.15, 0.2) is 0 Å². The van der Waals surface area contributed by atoms with E-state index in [9.17, 15) is 18.0 Å². The van der Waals surface area contributed by atoms with E-state index >= 15 is 0 Å². The molecule has 8 heteroatoms. The highest BCUT2D eigenvalue weighted by atomic mass is 32.2. The average molecular weight is 428 g/mol. The highest BCUT2D eigenvalue weighted by Crippen LogP contribution is 2.28. The van der Waals surface area contributed by atoms with Gasteiger partial charge in [-0.25, -0.2) is 8.42 Å². The van der Waals surface area contributed by atoms with Gasteiger partial charge in [0.05, 0.1) is 4.90 Å². The molecule has 2 saturated heterocycles. The molecule has 2 heterocycles. The van der Waals surface area contributed by atoms with Crippen molar-refractivity contribution in [1.29, 1.82) is 0 Å². The van der Waals surface area contributed by atoms with Crippen LogP contribution in [0.5, 0.6) is 0 Å². The predicted molar refractivity (Wildman–Crippen MR) is 115 cm³/mol. The second-order valence-corrected chi connectivity index (χ2v) is 9.67. The molecule has 2 fully saturated rings. The van der Waals surface area contributed by atoms with E-state index in [0.29, 0.717) is 38.0 Å². The molecule has 0 aromatic heterocycles. The summed E-state index contributed by atoms with van der Waals surface area (Å²) in [7, 11) is -3.75. The normalized spacial score (nSPS) is 20.0. The molecule has 2 aliphatic heterocycles. The molecule has 0 radical (unpaired) electrons. The van der Waals surface area contributed by atoms with Crippen LogP contribution in [-0.4, -0.2) is 43.7 Å². The van der Waals surface area contributed by atoms with E-state index in [4.69, 9.17) is 0 Å². The van der Waals surface area contributed by atoms with Crippen LogP contribution in [0.1, 0.15) is 31.2 Å². The van der Waals surface area contributed by atoms with Crippen LogP contribution in [-0.2, 0) is 19.6 Å². The van der Waals surface area contributed by atoms with Crippen molar-refractivity contribution >= 4 is 33.2 Å². The number of aryl methyl sites for hydroxylation is 1. The SMILES string of the molecule is Cc1ccc(S(=O)(=O)N2CCCC2C(=O)Nc2cccc(N3CCCC3=O)c2)cc1. The van der Waals surface area contributed by atoms with Gasteiger partial charge in [-0.3, -0.25) is 9.59 Å². The number of carbonyl (C=O) groups is 2. The van der Waals surface area contributed by atoms with Crippen molar-refractivity contribution in [2.45, 2.75) is 43.5 Å². The zero-order valence-corrected chi connectivity index (χ0v) is 17.7. The number of hydrogen-bond acceptors (Lipinski definition) is 4. The first-order valence-electron chi connectivity index (χ1n) is 10.2. The molecule has 2 amide bonds. The fraction of sp³-hybridized carbons (Fsp3) is 0.364. The minimum Gasteiger partial charge on any atom is -0.325 e. The summed E-state index contributed by atoms with van der Waals surface area (Å²) < 4.78 is 27.5. The molecular formula is C22H25N3O4S. The lowest BCUT2D eigenvalue weighted by Gasteiger charge is -2.24. The molecule has 2 aromatic carbocycles. The first-order valence-corrected chi connectivity index (χ1v) is 11.6. The van der Waals surface area contributed by atoms with Gasteiger partial charge in [-0.1, -0.05) is 23.8 Å². The van der Waals surface area contributed by atoms with Gasteiger partial charge in [-0.15, -0.1) is 0 Å². The van der Waals surface area contributed by atoms with Crippen molar-refractivity contribution < 1.29 is 18.0 Å². The molecule has 2 aromatic rings. The third-order valence-corrected chi connectivity index (χ3v) is 7.56. The molecule has 4 rings (SSSR count). The summed E-state index contributed by atoms with van der Waals surface area (Å²) in [6, 6.07) is 13.0. The number of anilines is 2. The molecule has 0 aliphatic carbocycles. The lowest BCUT2D eigenvalue weighted by atomic mass is 10.2. The van der Waals surface area contributed by atoms with Gasteiger partial charge in [0, 0.05) is 30.9 Å². The van der Waals surface area contributed by atoms with E-state index in [1.54, 1.807) is 47.4 Å². The number of amides is 2. The van der Waals surface area contributed by atoms with Crippen molar-refractivity contribution in [3.8, 4) is 0 Å². The molecule has 2 aliphatic rings. The third-order valence-electron chi connectivity index (χ3n) is 5.63. The summed E-state index contributed by atoms with van der Waals surface area (Å²) in [6.45, 7) is 2.88. The van der Waals surface area contributed by atoms with Crippen LogP contribution in [0.15, 0.2) is 53.4 Å². The van der Waals surface area contributed by atoms with Gasteiger partial charge < -0.3 is 10.2 Å². The minimum absolute atomic E-state index is 0.0737. The fourth-order valence-corrected chi connectivity index (χ4v) is 5.69. The van der Waals surface area contributed by atoms with E-state index in [1.165, 1.54) is 4.31 Å². The first-order chi connectivity index (χ1) is 14.4. The molecule has 1 unspecified atom stereocenters. The highest BCUT2D eigenvalue weighted by molar-refractivity contribution is 7.89. The van der Waals surface area contributed by atoms with Crippen molar-refractivity contribution in [3.63, 3.8) is 0 Å². The number of benzene rings is 2. The number of nitrogens with one attached hydrogen (secondary N) is 1. The van der Waals surface area contributed by atoms with Crippen molar-refractivity contribution in [1.82, 2.24) is 4.31 Å². The summed E-state index contributed by atoms with van der Waals surface area (Å²) in [5.41, 5.74) is 2.27. The molecule has 1 atom stereocenters. The van der Waals surface area contributed by atoms with Crippen LogP contribution >= 0.6 is 0 Å². The first kappa shape index (κ1) is 20.6. The molecule has 0 saturated carbocycles. The van der Waals surface area contributed by atoms with Crippen LogP contribution in [0.2, 0.25) is 0 Å². The molecular weight excluding hydrogens is 402 g/mol. The Morgan fingerprint density at radius 1 is 1.07 bits per heavy atom. The Bertz CT molecular complexity index is 1070. The molecule has 0 bridgehead atoms. The summed E-state index contributed by atoms with van der Waals surface area (Å²) in [5.74, 6) is -0.280. The summed E-state index contributed by atoms with van der Waals surface area (Å²) >= 11 is 0. The Morgan fingerprint density at radius 2 is 1.83 bits per heavy atom. The zero-order valence-electron chi connectivity index (χ0n) is 16.9. The maximum Gasteiger partial charge on any atom is 0.243 e. The molecule has 1 N–H and O–H groups in total. The zero-order chi connectivity index (χ0) is 21.3. The van der Waals surface area contributed by atoms with Crippen LogP contribution in [0, 0.1) is 6.92 Å². The second-order valence-electron chi connectivity index (χ2n) is 7.78. The van der Waals surface area contributed by atoms with Gasteiger partial charge in [0.2, 0.25) is 21.8 Å². The molecule has 7 nitrogen and oxygen atoms in total. The maximum atomic E-state index is 13.1. The monoisotopic (exact) mass is 427 g/mol. The standard InChI is InChI=1S/C22H25N3O4S/c1-16-9-11-19(12-10-16)30(28,29)25-14-3-7-20(25)22(27)23-17-5-2-6-18(15-17)24-13-4-8-21(24)26/h2,5-6,9-12,15,20H,3-4,7-8,13-14H2,1H3,(H,23,27). The summed E-state index contributed by atoms with van der Waals surface area (Å²) in [4.78, 5) is 26.9. The van der Waals surface area contributed by atoms with Crippen molar-refractivity contribution in [2.24, 2.45) is 0 Å². The lowest BCUT2D eigenvalue weighted by Crippen LogP contribution is -2.43. The van der Waals surface area contributed by atoms with Crippen LogP contribution in [0.4, 0.5) is 11.4 Å². The van der Waals surface area contributed by atoms with E-state index in [0.717, 1.165) is 17.7 Å². The molecule has 30 heavy (non-hydrogen) atoms. The second kappa shape index (κ2) is 8.20. The van der Waals surface area contributed by atoms with E-state index < -0.39 is 16.1 Å². The van der Waals surface area contributed by atoms with Crippen LogP contribution < -0.4 is 10.2 Å². The number of carbonyl (C=O) groups excluding carboxylic acids is 2. The number of rotatable bonds is 5. The van der Waals surface area contributed by atoms with Gasteiger partial charge in [0.1, 0.15) is 6.04 Å². The van der Waals surface area contributed by atoms with Crippen molar-refractivity contribution in [2.75, 3.05) is 23.3 Å². The van der Waals surface area contributed by atoms with Crippen LogP contribution in [0.25, 0.3) is 0 Å². The van der Waals surface area contributed by atoms with Gasteiger partial charge in [0.25, 0.3) is 0 Å². The van der Waals surface area contributed by atoms with Gasteiger partial charge in [-0.2, -0.15) is 4.31 Å². The smallest absolute Gasteiger partial charge is 0.243 e. The van der Waals surface area contributed by atoms with Crippen LogP contribution in [0.3, 0.4) is 0 Å². The minimum atomic E-state index is -3.75. The van der Waals surface area contributed by atoms with E-state index in [2.05, 4.69) is 5.32 Å². The molecule has 158 valence electrons. The number of sulfonamides is 1. The molecule has 0 spiro atoms. The Hall–Kier alpha value is -2.71. The quantitative estimate of drug-likeness (QED) is 0.795. The Balaban J connectivity index is 1.52. The lowest BCUT2D eigenvalue weighted by molar-refractivity contribution is -0.119. The Morgan fingerprint density at radius 3 is 2.53 bits per heavy atom. The van der Waals surface area contributed by atoms with E-state index in [1.807, 2.05) is 13.0 Å². The maximum absolute atomic E-state index is 13.1. The average Bonchev–Trinajstić information content (AvgIpc) is 3.38. The third kappa shape index (κ3) is 3.97. The topological polar surface area (TPSA) is 86.8 Å². The number of hydrogen-bond donors (Lipinski definition) is 1. The summed E-state index contributed by atoms with van der Waals surface area (Å²) in [5, 5.41) is 2.84. The largest absolute Gasteiger partial charge is 0.325 e. The number of nitrogens with zero attached hydrogens (tertiary/aromatic N) is 2. The Kier molecular flexibility index (Phi) is 5.62. The summed E-state index contributed by atoms with van der Waals surface area (Å²) in [6.07, 6.45) is 2.46.